The molecule has 2 saturated heterocycles. The van der Waals surface area contributed by atoms with Crippen LogP contribution < -0.4 is 0 Å². The van der Waals surface area contributed by atoms with Crippen LogP contribution in [0.3, 0.4) is 0 Å². The Bertz CT molecular complexity index is 762. The Morgan fingerprint density at radius 2 is 2.03 bits per heavy atom. The monoisotopic (exact) mass is 465 g/mol. The number of nitrogens with zero attached hydrogens (tertiary/aromatic N) is 1. The van der Waals surface area contributed by atoms with Gasteiger partial charge < -0.3 is 19.1 Å². The zero-order valence-corrected chi connectivity index (χ0v) is 20.4. The highest BCUT2D eigenvalue weighted by atomic mass is 35.5. The zero-order chi connectivity index (χ0) is 23.5. The predicted octanol–water partition coefficient (Wildman–Crippen LogP) is 4.55. The van der Waals surface area contributed by atoms with Crippen molar-refractivity contribution in [3.8, 4) is 0 Å². The molecule has 1 unspecified atom stereocenters. The van der Waals surface area contributed by atoms with Crippen LogP contribution in [-0.2, 0) is 23.8 Å². The van der Waals surface area contributed by atoms with Crippen molar-refractivity contribution in [3.63, 3.8) is 0 Å². The highest BCUT2D eigenvalue weighted by molar-refractivity contribution is 6.21. The lowest BCUT2D eigenvalue weighted by atomic mass is 9.96. The molecular formula is C25H36ClNO5. The third-order valence-electron chi connectivity index (χ3n) is 5.69. The second-order valence-corrected chi connectivity index (χ2v) is 8.68. The molecule has 0 aliphatic carbocycles. The Morgan fingerprint density at radius 1 is 1.31 bits per heavy atom. The molecular weight excluding hydrogens is 430 g/mol. The summed E-state index contributed by atoms with van der Waals surface area (Å²) in [5.41, 5.74) is 1.45. The maximum absolute atomic E-state index is 13.5. The van der Waals surface area contributed by atoms with Gasteiger partial charge in [0.1, 0.15) is 6.61 Å². The number of ether oxygens (including phenoxy) is 3. The SMILES string of the molecule is C/C=C(\C=C/C(C)Cl)[C@H]1CO/C(=C/C(=C\CC)C(=O)OC)CCN1C(=O)C1CCOCC1. The van der Waals surface area contributed by atoms with E-state index in [1.807, 2.05) is 50.0 Å². The maximum Gasteiger partial charge on any atom is 0.337 e. The number of hydrogen-bond acceptors (Lipinski definition) is 5. The normalized spacial score (nSPS) is 23.7. The van der Waals surface area contributed by atoms with E-state index < -0.39 is 5.97 Å². The predicted molar refractivity (Wildman–Crippen MR) is 126 cm³/mol. The quantitative estimate of drug-likeness (QED) is 0.239. The molecule has 7 heteroatoms. The highest BCUT2D eigenvalue weighted by Gasteiger charge is 2.34. The summed E-state index contributed by atoms with van der Waals surface area (Å²) in [6.07, 6.45) is 12.1. The summed E-state index contributed by atoms with van der Waals surface area (Å²) in [5, 5.41) is -0.117. The van der Waals surface area contributed by atoms with Crippen molar-refractivity contribution in [1.29, 1.82) is 0 Å². The van der Waals surface area contributed by atoms with Crippen molar-refractivity contribution in [2.45, 2.75) is 57.9 Å². The van der Waals surface area contributed by atoms with Gasteiger partial charge in [-0.2, -0.15) is 0 Å². The maximum atomic E-state index is 13.5. The fourth-order valence-electron chi connectivity index (χ4n) is 3.92. The molecule has 2 aliphatic rings. The van der Waals surface area contributed by atoms with Gasteiger partial charge in [0, 0.05) is 37.5 Å². The summed E-state index contributed by atoms with van der Waals surface area (Å²) < 4.78 is 16.5. The van der Waals surface area contributed by atoms with Crippen molar-refractivity contribution >= 4 is 23.5 Å². The molecule has 2 aliphatic heterocycles. The standard InChI is InChI=1S/C25H36ClNO5/c1-5-7-21(25(29)30-4)16-22-10-13-27(24(28)20-11-14-31-15-12-20)23(17-32-22)19(6-2)9-8-18(3)26/h6-9,16,18,20,23H,5,10-15,17H2,1-4H3/b9-8-,19-6+,21-7+,22-16+/t18?,23-/m1/s1. The van der Waals surface area contributed by atoms with E-state index in [1.165, 1.54) is 7.11 Å². The van der Waals surface area contributed by atoms with E-state index in [4.69, 9.17) is 25.8 Å². The fourth-order valence-corrected chi connectivity index (χ4v) is 4.00. The number of halogens is 1. The lowest BCUT2D eigenvalue weighted by Crippen LogP contribution is -2.46. The van der Waals surface area contributed by atoms with Gasteiger partial charge in [0.05, 0.1) is 24.5 Å². The smallest absolute Gasteiger partial charge is 0.337 e. The van der Waals surface area contributed by atoms with Gasteiger partial charge in [-0.1, -0.05) is 31.2 Å². The summed E-state index contributed by atoms with van der Waals surface area (Å²) in [5.74, 6) is 0.364. The molecule has 0 radical (unpaired) electrons. The van der Waals surface area contributed by atoms with Gasteiger partial charge in [-0.05, 0) is 44.8 Å². The minimum absolute atomic E-state index is 0.0450. The first-order valence-corrected chi connectivity index (χ1v) is 11.8. The molecule has 0 aromatic rings. The number of amides is 1. The van der Waals surface area contributed by atoms with E-state index in [9.17, 15) is 9.59 Å². The van der Waals surface area contributed by atoms with Gasteiger partial charge in [-0.25, -0.2) is 4.79 Å². The molecule has 2 fully saturated rings. The lowest BCUT2D eigenvalue weighted by molar-refractivity contribution is -0.140. The van der Waals surface area contributed by atoms with Gasteiger partial charge in [-0.15, -0.1) is 11.6 Å². The highest BCUT2D eigenvalue weighted by Crippen LogP contribution is 2.27. The van der Waals surface area contributed by atoms with Crippen LogP contribution in [0.1, 0.15) is 46.5 Å². The van der Waals surface area contributed by atoms with Crippen molar-refractivity contribution < 1.29 is 23.8 Å². The summed E-state index contributed by atoms with van der Waals surface area (Å²) in [4.78, 5) is 27.5. The van der Waals surface area contributed by atoms with Crippen LogP contribution in [0.2, 0.25) is 0 Å². The minimum Gasteiger partial charge on any atom is -0.495 e. The largest absolute Gasteiger partial charge is 0.495 e. The molecule has 0 aromatic carbocycles. The average Bonchev–Trinajstić information content (AvgIpc) is 3.01. The van der Waals surface area contributed by atoms with Crippen LogP contribution >= 0.6 is 11.6 Å². The average molecular weight is 466 g/mol. The van der Waals surface area contributed by atoms with Crippen LogP contribution in [-0.4, -0.2) is 61.7 Å². The van der Waals surface area contributed by atoms with Gasteiger partial charge in [-0.3, -0.25) is 4.79 Å². The molecule has 2 atom stereocenters. The fraction of sp³-hybridized carbons (Fsp3) is 0.600. The second-order valence-electron chi connectivity index (χ2n) is 7.99. The molecule has 0 bridgehead atoms. The zero-order valence-electron chi connectivity index (χ0n) is 19.6. The molecule has 2 rings (SSSR count). The number of alkyl halides is 1. The number of hydrogen-bond donors (Lipinski definition) is 0. The van der Waals surface area contributed by atoms with Crippen molar-refractivity contribution in [1.82, 2.24) is 4.90 Å². The summed E-state index contributed by atoms with van der Waals surface area (Å²) >= 11 is 6.13. The molecule has 0 N–H and O–H groups in total. The van der Waals surface area contributed by atoms with E-state index >= 15 is 0 Å². The number of carbonyl (C=O) groups is 2. The molecule has 0 saturated carbocycles. The number of allylic oxidation sites excluding steroid dienone is 3. The molecule has 6 nitrogen and oxygen atoms in total. The molecule has 0 spiro atoms. The molecule has 1 amide bonds. The molecule has 32 heavy (non-hydrogen) atoms. The van der Waals surface area contributed by atoms with Gasteiger partial charge in [0.25, 0.3) is 0 Å². The Morgan fingerprint density at radius 3 is 2.62 bits per heavy atom. The Kier molecular flexibility index (Phi) is 11.0. The molecule has 0 aromatic heterocycles. The van der Waals surface area contributed by atoms with Crippen LogP contribution in [0.4, 0.5) is 0 Å². The number of rotatable bonds is 7. The van der Waals surface area contributed by atoms with E-state index in [0.29, 0.717) is 50.5 Å². The topological polar surface area (TPSA) is 65.1 Å². The van der Waals surface area contributed by atoms with Crippen LogP contribution in [0, 0.1) is 5.92 Å². The van der Waals surface area contributed by atoms with Crippen molar-refractivity contribution in [2.75, 3.05) is 33.5 Å². The Labute approximate surface area is 196 Å². The van der Waals surface area contributed by atoms with Crippen molar-refractivity contribution in [2.24, 2.45) is 5.92 Å². The summed E-state index contributed by atoms with van der Waals surface area (Å²) in [7, 11) is 1.37. The first kappa shape index (κ1) is 26.2. The lowest BCUT2D eigenvalue weighted by Gasteiger charge is -2.34. The van der Waals surface area contributed by atoms with Crippen LogP contribution in [0.5, 0.6) is 0 Å². The number of carbonyl (C=O) groups excluding carboxylic acids is 2. The Balaban J connectivity index is 2.33. The molecule has 2 heterocycles. The summed E-state index contributed by atoms with van der Waals surface area (Å²) in [6.45, 7) is 7.85. The number of methoxy groups -OCH3 is 1. The molecule has 178 valence electrons. The van der Waals surface area contributed by atoms with Gasteiger partial charge >= 0.3 is 5.97 Å². The third-order valence-corrected chi connectivity index (χ3v) is 5.83. The second kappa shape index (κ2) is 13.5. The van der Waals surface area contributed by atoms with E-state index in [1.54, 1.807) is 6.08 Å². The van der Waals surface area contributed by atoms with E-state index in [2.05, 4.69) is 0 Å². The third kappa shape index (κ3) is 7.52. The Hall–Kier alpha value is -2.05. The first-order chi connectivity index (χ1) is 15.4. The van der Waals surface area contributed by atoms with Crippen LogP contribution in [0.15, 0.2) is 47.3 Å². The summed E-state index contributed by atoms with van der Waals surface area (Å²) in [6, 6.07) is -0.232. The van der Waals surface area contributed by atoms with Gasteiger partial charge in [0.2, 0.25) is 5.91 Å². The van der Waals surface area contributed by atoms with Gasteiger partial charge in [0.15, 0.2) is 0 Å². The minimum atomic E-state index is -0.396. The van der Waals surface area contributed by atoms with E-state index in [0.717, 1.165) is 18.4 Å². The van der Waals surface area contributed by atoms with Crippen molar-refractivity contribution in [3.05, 3.63) is 47.3 Å². The number of esters is 1. The first-order valence-electron chi connectivity index (χ1n) is 11.4. The van der Waals surface area contributed by atoms with Crippen LogP contribution in [0.25, 0.3) is 0 Å². The van der Waals surface area contributed by atoms with E-state index in [-0.39, 0.29) is 23.2 Å².